The second kappa shape index (κ2) is 5.66. The molecule has 0 fully saturated rings. The van der Waals surface area contributed by atoms with Gasteiger partial charge >= 0.3 is 0 Å². The first-order valence-electron chi connectivity index (χ1n) is 6.98. The van der Waals surface area contributed by atoms with Gasteiger partial charge in [0.05, 0.1) is 17.7 Å². The Balaban J connectivity index is 1.99. The van der Waals surface area contributed by atoms with E-state index in [9.17, 15) is 8.42 Å². The first-order valence-corrected chi connectivity index (χ1v) is 8.47. The lowest BCUT2D eigenvalue weighted by atomic mass is 10.1. The average molecular weight is 335 g/mol. The van der Waals surface area contributed by atoms with Crippen LogP contribution in [-0.4, -0.2) is 22.3 Å². The van der Waals surface area contributed by atoms with Gasteiger partial charge in [0.2, 0.25) is 6.79 Å². The molecule has 0 bridgehead atoms. The topological polar surface area (TPSA) is 73.9 Å². The molecule has 1 heterocycles. The van der Waals surface area contributed by atoms with Crippen molar-refractivity contribution in [1.82, 2.24) is 0 Å². The number of hydrogen-bond acceptors (Lipinski definition) is 5. The predicted molar refractivity (Wildman–Crippen MR) is 85.8 cm³/mol. The molecule has 0 atom stereocenters. The molecule has 0 unspecified atom stereocenters. The predicted octanol–water partition coefficient (Wildman–Crippen LogP) is 2.84. The molecule has 7 heteroatoms. The molecule has 122 valence electrons. The first-order chi connectivity index (χ1) is 10.9. The van der Waals surface area contributed by atoms with Crippen molar-refractivity contribution in [2.45, 2.75) is 18.7 Å². The fourth-order valence-corrected chi connectivity index (χ4v) is 3.62. The molecule has 2 aromatic rings. The molecule has 0 aliphatic carbocycles. The maximum atomic E-state index is 12.6. The molecule has 0 saturated carbocycles. The van der Waals surface area contributed by atoms with Gasteiger partial charge in [-0.25, -0.2) is 8.42 Å². The molecule has 0 saturated heterocycles. The average Bonchev–Trinajstić information content (AvgIpc) is 2.93. The van der Waals surface area contributed by atoms with E-state index in [0.29, 0.717) is 22.9 Å². The Labute approximate surface area is 135 Å². The third-order valence-electron chi connectivity index (χ3n) is 3.52. The smallest absolute Gasteiger partial charge is 0.262 e. The maximum absolute atomic E-state index is 12.6. The van der Waals surface area contributed by atoms with Crippen LogP contribution in [0.25, 0.3) is 0 Å². The molecule has 6 nitrogen and oxygen atoms in total. The van der Waals surface area contributed by atoms with Gasteiger partial charge in [-0.1, -0.05) is 6.07 Å². The maximum Gasteiger partial charge on any atom is 0.262 e. The molecule has 3 rings (SSSR count). The van der Waals surface area contributed by atoms with Crippen LogP contribution in [-0.2, 0) is 10.0 Å². The minimum absolute atomic E-state index is 0.0944. The molecule has 0 amide bonds. The van der Waals surface area contributed by atoms with Crippen LogP contribution in [0.5, 0.6) is 17.2 Å². The van der Waals surface area contributed by atoms with Gasteiger partial charge < -0.3 is 14.2 Å². The zero-order valence-electron chi connectivity index (χ0n) is 13.0. The fraction of sp³-hybridized carbons (Fsp3) is 0.250. The van der Waals surface area contributed by atoms with Crippen molar-refractivity contribution in [1.29, 1.82) is 0 Å². The van der Waals surface area contributed by atoms with Gasteiger partial charge in [-0.15, -0.1) is 0 Å². The minimum atomic E-state index is -3.77. The summed E-state index contributed by atoms with van der Waals surface area (Å²) in [5, 5.41) is 0. The Bertz CT molecular complexity index is 861. The molecular formula is C16H17NO5S. The molecule has 2 aromatic carbocycles. The van der Waals surface area contributed by atoms with Gasteiger partial charge in [-0.3, -0.25) is 4.72 Å². The highest BCUT2D eigenvalue weighted by Gasteiger charge is 2.22. The van der Waals surface area contributed by atoms with Crippen molar-refractivity contribution in [2.24, 2.45) is 0 Å². The summed E-state index contributed by atoms with van der Waals surface area (Å²) >= 11 is 0. The number of methoxy groups -OCH3 is 1. The van der Waals surface area contributed by atoms with Gasteiger partial charge in [-0.05, 0) is 43.2 Å². The molecule has 1 N–H and O–H groups in total. The van der Waals surface area contributed by atoms with Gasteiger partial charge in [-0.2, -0.15) is 0 Å². The Kier molecular flexibility index (Phi) is 3.81. The lowest BCUT2D eigenvalue weighted by Gasteiger charge is -2.15. The van der Waals surface area contributed by atoms with Crippen LogP contribution in [0, 0.1) is 13.8 Å². The molecule has 0 radical (unpaired) electrons. The summed E-state index contributed by atoms with van der Waals surface area (Å²) in [6, 6.07) is 8.16. The van der Waals surface area contributed by atoms with Crippen LogP contribution in [0.1, 0.15) is 11.1 Å². The van der Waals surface area contributed by atoms with E-state index in [1.165, 1.54) is 19.2 Å². The van der Waals surface area contributed by atoms with E-state index in [-0.39, 0.29) is 11.7 Å². The number of fused-ring (bicyclic) bond motifs is 1. The summed E-state index contributed by atoms with van der Waals surface area (Å²) in [5.41, 5.74) is 2.20. The number of ether oxygens (including phenoxy) is 3. The standard InChI is InChI=1S/C16H17NO5S/c1-10-6-11(2)16(20-3)13(7-10)17-23(18,19)12-4-5-14-15(8-12)22-9-21-14/h4-8,17H,9H2,1-3H3. The zero-order chi connectivity index (χ0) is 16.6. The van der Waals surface area contributed by atoms with Crippen LogP contribution >= 0.6 is 0 Å². The van der Waals surface area contributed by atoms with Crippen LogP contribution in [0.2, 0.25) is 0 Å². The number of sulfonamides is 1. The minimum Gasteiger partial charge on any atom is -0.494 e. The summed E-state index contributed by atoms with van der Waals surface area (Å²) in [7, 11) is -2.26. The number of benzene rings is 2. The van der Waals surface area contributed by atoms with Crippen molar-refractivity contribution in [3.63, 3.8) is 0 Å². The van der Waals surface area contributed by atoms with E-state index in [4.69, 9.17) is 14.2 Å². The largest absolute Gasteiger partial charge is 0.494 e. The molecule has 1 aliphatic rings. The van der Waals surface area contributed by atoms with Gasteiger partial charge in [0, 0.05) is 6.07 Å². The normalized spacial score (nSPS) is 13.0. The highest BCUT2D eigenvalue weighted by atomic mass is 32.2. The van der Waals surface area contributed by atoms with Crippen LogP contribution < -0.4 is 18.9 Å². The van der Waals surface area contributed by atoms with Crippen molar-refractivity contribution in [2.75, 3.05) is 18.6 Å². The van der Waals surface area contributed by atoms with Crippen molar-refractivity contribution >= 4 is 15.7 Å². The SMILES string of the molecule is COc1c(C)cc(C)cc1NS(=O)(=O)c1ccc2c(c1)OCO2. The number of hydrogen-bond donors (Lipinski definition) is 1. The monoisotopic (exact) mass is 335 g/mol. The molecule has 0 aromatic heterocycles. The van der Waals surface area contributed by atoms with Crippen LogP contribution in [0.15, 0.2) is 35.2 Å². The Morgan fingerprint density at radius 1 is 1.09 bits per heavy atom. The lowest BCUT2D eigenvalue weighted by molar-refractivity contribution is 0.174. The van der Waals surface area contributed by atoms with E-state index in [1.54, 1.807) is 12.1 Å². The van der Waals surface area contributed by atoms with Gasteiger partial charge in [0.15, 0.2) is 11.5 Å². The Morgan fingerprint density at radius 2 is 1.83 bits per heavy atom. The highest BCUT2D eigenvalue weighted by Crippen LogP contribution is 2.36. The fourth-order valence-electron chi connectivity index (χ4n) is 2.55. The quantitative estimate of drug-likeness (QED) is 0.930. The van der Waals surface area contributed by atoms with E-state index in [1.807, 2.05) is 19.9 Å². The summed E-state index contributed by atoms with van der Waals surface area (Å²) < 4.78 is 43.6. The van der Waals surface area contributed by atoms with Crippen molar-refractivity contribution in [3.8, 4) is 17.2 Å². The van der Waals surface area contributed by atoms with Gasteiger partial charge in [0.25, 0.3) is 10.0 Å². The van der Waals surface area contributed by atoms with Gasteiger partial charge in [0.1, 0.15) is 5.75 Å². The third-order valence-corrected chi connectivity index (χ3v) is 4.88. The zero-order valence-corrected chi connectivity index (χ0v) is 13.9. The molecule has 0 spiro atoms. The molecule has 1 aliphatic heterocycles. The second-order valence-corrected chi connectivity index (χ2v) is 6.97. The Hall–Kier alpha value is -2.41. The number of rotatable bonds is 4. The number of nitrogens with one attached hydrogen (secondary N) is 1. The lowest BCUT2D eigenvalue weighted by Crippen LogP contribution is -2.14. The van der Waals surface area contributed by atoms with E-state index in [0.717, 1.165) is 11.1 Å². The summed E-state index contributed by atoms with van der Waals surface area (Å²) in [5.74, 6) is 1.45. The summed E-state index contributed by atoms with van der Waals surface area (Å²) in [4.78, 5) is 0.1000. The number of anilines is 1. The molecular weight excluding hydrogens is 318 g/mol. The highest BCUT2D eigenvalue weighted by molar-refractivity contribution is 7.92. The first kappa shape index (κ1) is 15.5. The Morgan fingerprint density at radius 3 is 2.57 bits per heavy atom. The third kappa shape index (κ3) is 2.92. The van der Waals surface area contributed by atoms with E-state index in [2.05, 4.69) is 4.72 Å². The number of aryl methyl sites for hydroxylation is 2. The molecule has 23 heavy (non-hydrogen) atoms. The van der Waals surface area contributed by atoms with E-state index < -0.39 is 10.0 Å². The van der Waals surface area contributed by atoms with Crippen molar-refractivity contribution in [3.05, 3.63) is 41.5 Å². The van der Waals surface area contributed by atoms with Crippen LogP contribution in [0.3, 0.4) is 0 Å². The van der Waals surface area contributed by atoms with E-state index >= 15 is 0 Å². The van der Waals surface area contributed by atoms with Crippen molar-refractivity contribution < 1.29 is 22.6 Å². The second-order valence-electron chi connectivity index (χ2n) is 5.28. The summed E-state index contributed by atoms with van der Waals surface area (Å²) in [6.45, 7) is 3.85. The van der Waals surface area contributed by atoms with Crippen LogP contribution in [0.4, 0.5) is 5.69 Å². The summed E-state index contributed by atoms with van der Waals surface area (Å²) in [6.07, 6.45) is 0.